The van der Waals surface area contributed by atoms with E-state index in [4.69, 9.17) is 9.47 Å². The van der Waals surface area contributed by atoms with Crippen molar-refractivity contribution in [1.82, 2.24) is 4.90 Å². The van der Waals surface area contributed by atoms with E-state index in [0.717, 1.165) is 16.9 Å². The molecule has 0 aliphatic rings. The zero-order chi connectivity index (χ0) is 16.7. The topological polar surface area (TPSA) is 38.8 Å². The zero-order valence-corrected chi connectivity index (χ0v) is 13.9. The smallest absolute Gasteiger partial charge is 0.409 e. The van der Waals surface area contributed by atoms with Gasteiger partial charge in [-0.2, -0.15) is 0 Å². The highest BCUT2D eigenvalue weighted by molar-refractivity contribution is 5.67. The molecule has 0 fully saturated rings. The molecule has 2 aromatic rings. The molecule has 0 aromatic heterocycles. The fraction of sp³-hybridized carbons (Fsp3) is 0.316. The zero-order valence-electron chi connectivity index (χ0n) is 13.9. The van der Waals surface area contributed by atoms with Crippen molar-refractivity contribution in [1.29, 1.82) is 0 Å². The van der Waals surface area contributed by atoms with Gasteiger partial charge in [-0.15, -0.1) is 0 Å². The van der Waals surface area contributed by atoms with E-state index in [2.05, 4.69) is 0 Å². The Hall–Kier alpha value is -2.49. The van der Waals surface area contributed by atoms with Crippen LogP contribution in [0.15, 0.2) is 54.6 Å². The Balaban J connectivity index is 2.02. The molecule has 4 heteroatoms. The van der Waals surface area contributed by atoms with Crippen LogP contribution >= 0.6 is 0 Å². The van der Waals surface area contributed by atoms with E-state index in [-0.39, 0.29) is 12.1 Å². The maximum Gasteiger partial charge on any atom is 0.409 e. The highest BCUT2D eigenvalue weighted by atomic mass is 16.6. The van der Waals surface area contributed by atoms with Crippen LogP contribution in [-0.4, -0.2) is 24.6 Å². The second-order valence-electron chi connectivity index (χ2n) is 5.33. The summed E-state index contributed by atoms with van der Waals surface area (Å²) in [4.78, 5) is 13.4. The number of hydrogen-bond acceptors (Lipinski definition) is 3. The van der Waals surface area contributed by atoms with E-state index >= 15 is 0 Å². The highest BCUT2D eigenvalue weighted by Gasteiger charge is 2.18. The lowest BCUT2D eigenvalue weighted by Gasteiger charge is -2.24. The normalized spacial score (nSPS) is 11.6. The summed E-state index contributed by atoms with van der Waals surface area (Å²) < 4.78 is 10.9. The molecule has 0 heterocycles. The third-order valence-electron chi connectivity index (χ3n) is 3.73. The standard InChI is InChI=1S/C19H23NO3/c1-4-22-19(21)20(3)15(2)17-11-8-12-18(13-17)23-14-16-9-6-5-7-10-16/h5-13,15H,4,14H2,1-3H3/t15-/m0/s1. The number of carbonyl (C=O) groups excluding carboxylic acids is 1. The first-order chi connectivity index (χ1) is 11.1. The van der Waals surface area contributed by atoms with E-state index in [1.165, 1.54) is 0 Å². The van der Waals surface area contributed by atoms with Gasteiger partial charge in [0.1, 0.15) is 12.4 Å². The van der Waals surface area contributed by atoms with Crippen LogP contribution in [0.25, 0.3) is 0 Å². The average Bonchev–Trinajstić information content (AvgIpc) is 2.60. The number of benzene rings is 2. The first-order valence-electron chi connectivity index (χ1n) is 7.78. The third-order valence-corrected chi connectivity index (χ3v) is 3.73. The summed E-state index contributed by atoms with van der Waals surface area (Å²) in [6.07, 6.45) is -0.324. The summed E-state index contributed by atoms with van der Waals surface area (Å²) in [5, 5.41) is 0. The molecule has 0 bridgehead atoms. The molecule has 0 N–H and O–H groups in total. The van der Waals surface area contributed by atoms with E-state index in [0.29, 0.717) is 13.2 Å². The van der Waals surface area contributed by atoms with Crippen LogP contribution in [-0.2, 0) is 11.3 Å². The molecule has 122 valence electrons. The molecule has 0 aliphatic carbocycles. The summed E-state index contributed by atoms with van der Waals surface area (Å²) in [6.45, 7) is 4.66. The maximum atomic E-state index is 11.8. The van der Waals surface area contributed by atoms with Crippen LogP contribution in [0.1, 0.15) is 31.0 Å². The molecule has 2 aromatic carbocycles. The van der Waals surface area contributed by atoms with Crippen molar-refractivity contribution in [2.75, 3.05) is 13.7 Å². The third kappa shape index (κ3) is 4.74. The second-order valence-corrected chi connectivity index (χ2v) is 5.33. The van der Waals surface area contributed by atoms with Gasteiger partial charge in [0.05, 0.1) is 12.6 Å². The predicted octanol–water partition coefficient (Wildman–Crippen LogP) is 4.41. The van der Waals surface area contributed by atoms with E-state index in [9.17, 15) is 4.79 Å². The van der Waals surface area contributed by atoms with Crippen LogP contribution < -0.4 is 4.74 Å². The van der Waals surface area contributed by atoms with Gasteiger partial charge in [-0.25, -0.2) is 4.79 Å². The molecule has 2 rings (SSSR count). The van der Waals surface area contributed by atoms with Gasteiger partial charge >= 0.3 is 6.09 Å². The molecule has 1 amide bonds. The van der Waals surface area contributed by atoms with Crippen LogP contribution in [0.4, 0.5) is 4.79 Å². The number of rotatable bonds is 6. The Bertz CT molecular complexity index is 628. The van der Waals surface area contributed by atoms with E-state index in [1.807, 2.05) is 61.5 Å². The number of ether oxygens (including phenoxy) is 2. The summed E-state index contributed by atoms with van der Waals surface area (Å²) in [5.41, 5.74) is 2.13. The Labute approximate surface area is 137 Å². The van der Waals surface area contributed by atoms with Gasteiger partial charge in [-0.1, -0.05) is 42.5 Å². The molecular formula is C19H23NO3. The monoisotopic (exact) mass is 313 g/mol. The van der Waals surface area contributed by atoms with Crippen molar-refractivity contribution in [3.63, 3.8) is 0 Å². The van der Waals surface area contributed by atoms with E-state index < -0.39 is 0 Å². The predicted molar refractivity (Wildman–Crippen MR) is 90.4 cm³/mol. The summed E-state index contributed by atoms with van der Waals surface area (Å²) in [6, 6.07) is 17.7. The molecular weight excluding hydrogens is 290 g/mol. The first-order valence-corrected chi connectivity index (χ1v) is 7.78. The Morgan fingerprint density at radius 3 is 2.57 bits per heavy atom. The fourth-order valence-corrected chi connectivity index (χ4v) is 2.21. The summed E-state index contributed by atoms with van der Waals surface area (Å²) in [7, 11) is 1.74. The van der Waals surface area contributed by atoms with Gasteiger partial charge < -0.3 is 14.4 Å². The van der Waals surface area contributed by atoms with Crippen LogP contribution in [0.5, 0.6) is 5.75 Å². The molecule has 4 nitrogen and oxygen atoms in total. The van der Waals surface area contributed by atoms with Gasteiger partial charge in [0.15, 0.2) is 0 Å². The van der Waals surface area contributed by atoms with Crippen LogP contribution in [0, 0.1) is 0 Å². The van der Waals surface area contributed by atoms with Gasteiger partial charge in [-0.05, 0) is 37.1 Å². The fourth-order valence-electron chi connectivity index (χ4n) is 2.21. The largest absolute Gasteiger partial charge is 0.489 e. The van der Waals surface area contributed by atoms with Gasteiger partial charge in [0.2, 0.25) is 0 Å². The van der Waals surface area contributed by atoms with Crippen molar-refractivity contribution in [2.45, 2.75) is 26.5 Å². The van der Waals surface area contributed by atoms with Crippen molar-refractivity contribution in [2.24, 2.45) is 0 Å². The highest BCUT2D eigenvalue weighted by Crippen LogP contribution is 2.24. The SMILES string of the molecule is CCOC(=O)N(C)[C@@H](C)c1cccc(OCc2ccccc2)c1. The second kappa shape index (κ2) is 8.22. The minimum absolute atomic E-state index is 0.0886. The molecule has 23 heavy (non-hydrogen) atoms. The molecule has 0 saturated carbocycles. The Kier molecular flexibility index (Phi) is 6.03. The molecule has 0 spiro atoms. The summed E-state index contributed by atoms with van der Waals surface area (Å²) >= 11 is 0. The van der Waals surface area contributed by atoms with Crippen molar-refractivity contribution >= 4 is 6.09 Å². The number of amides is 1. The number of carbonyl (C=O) groups is 1. The van der Waals surface area contributed by atoms with Gasteiger partial charge in [0, 0.05) is 7.05 Å². The Morgan fingerprint density at radius 1 is 1.13 bits per heavy atom. The quantitative estimate of drug-likeness (QED) is 0.792. The molecule has 0 saturated heterocycles. The number of nitrogens with zero attached hydrogens (tertiary/aromatic N) is 1. The molecule has 0 radical (unpaired) electrons. The minimum atomic E-state index is -0.324. The Morgan fingerprint density at radius 2 is 1.87 bits per heavy atom. The minimum Gasteiger partial charge on any atom is -0.489 e. The lowest BCUT2D eigenvalue weighted by atomic mass is 10.1. The summed E-state index contributed by atoms with van der Waals surface area (Å²) in [5.74, 6) is 0.787. The van der Waals surface area contributed by atoms with Crippen molar-refractivity contribution in [3.05, 3.63) is 65.7 Å². The molecule has 1 atom stereocenters. The lowest BCUT2D eigenvalue weighted by molar-refractivity contribution is 0.104. The molecule has 0 aliphatic heterocycles. The molecule has 0 unspecified atom stereocenters. The lowest BCUT2D eigenvalue weighted by Crippen LogP contribution is -2.30. The van der Waals surface area contributed by atoms with Crippen molar-refractivity contribution in [3.8, 4) is 5.75 Å². The average molecular weight is 313 g/mol. The van der Waals surface area contributed by atoms with Gasteiger partial charge in [0.25, 0.3) is 0 Å². The van der Waals surface area contributed by atoms with E-state index in [1.54, 1.807) is 18.9 Å². The maximum absolute atomic E-state index is 11.8. The first kappa shape index (κ1) is 16.9. The van der Waals surface area contributed by atoms with Crippen LogP contribution in [0.2, 0.25) is 0 Å². The number of hydrogen-bond donors (Lipinski definition) is 0. The van der Waals surface area contributed by atoms with Gasteiger partial charge in [-0.3, -0.25) is 0 Å². The van der Waals surface area contributed by atoms with Crippen LogP contribution in [0.3, 0.4) is 0 Å². The van der Waals surface area contributed by atoms with Crippen molar-refractivity contribution < 1.29 is 14.3 Å².